The van der Waals surface area contributed by atoms with Crippen molar-refractivity contribution in [3.8, 4) is 11.5 Å². The van der Waals surface area contributed by atoms with Gasteiger partial charge in [-0.05, 0) is 31.9 Å². The van der Waals surface area contributed by atoms with Crippen molar-refractivity contribution in [2.24, 2.45) is 4.99 Å². The number of methoxy groups -OCH3 is 1. The maximum Gasteiger partial charge on any atom is 0.128 e. The number of aliphatic imine (C=N–C) groups is 1. The van der Waals surface area contributed by atoms with Crippen LogP contribution in [-0.2, 0) is 6.42 Å². The molecule has 1 atom stereocenters. The normalized spacial score (nSPS) is 19.4. The Morgan fingerprint density at radius 2 is 2.20 bits per heavy atom. The Hall–Kier alpha value is -1.51. The van der Waals surface area contributed by atoms with Crippen LogP contribution in [0.5, 0.6) is 11.5 Å². The first kappa shape index (κ1) is 10.0. The lowest BCUT2D eigenvalue weighted by molar-refractivity contribution is 0.406. The Balaban J connectivity index is 2.58. The Morgan fingerprint density at radius 1 is 1.47 bits per heavy atom. The molecular weight excluding hydrogens is 190 g/mol. The van der Waals surface area contributed by atoms with Gasteiger partial charge in [0.1, 0.15) is 11.5 Å². The summed E-state index contributed by atoms with van der Waals surface area (Å²) in [5, 5.41) is 9.86. The predicted molar refractivity (Wildman–Crippen MR) is 60.0 cm³/mol. The molecule has 1 aliphatic heterocycles. The van der Waals surface area contributed by atoms with Crippen LogP contribution >= 0.6 is 0 Å². The van der Waals surface area contributed by atoms with E-state index in [1.807, 2.05) is 13.0 Å². The lowest BCUT2D eigenvalue weighted by atomic mass is 9.94. The quantitative estimate of drug-likeness (QED) is 0.763. The first-order chi connectivity index (χ1) is 7.11. The van der Waals surface area contributed by atoms with Crippen LogP contribution in [0.2, 0.25) is 0 Å². The summed E-state index contributed by atoms with van der Waals surface area (Å²) in [5.74, 6) is 0.964. The minimum Gasteiger partial charge on any atom is -0.507 e. The van der Waals surface area contributed by atoms with Crippen LogP contribution in [0.4, 0.5) is 0 Å². The second-order valence-electron chi connectivity index (χ2n) is 3.95. The van der Waals surface area contributed by atoms with Crippen molar-refractivity contribution in [2.45, 2.75) is 26.3 Å². The molecule has 0 aromatic heterocycles. The zero-order valence-corrected chi connectivity index (χ0v) is 9.24. The minimum absolute atomic E-state index is 0.262. The van der Waals surface area contributed by atoms with Crippen molar-refractivity contribution >= 4 is 5.71 Å². The molecule has 15 heavy (non-hydrogen) atoms. The topological polar surface area (TPSA) is 41.8 Å². The number of phenolic OH excluding ortho intramolecular Hbond substituents is 1. The summed E-state index contributed by atoms with van der Waals surface area (Å²) >= 11 is 0. The summed E-state index contributed by atoms with van der Waals surface area (Å²) in [7, 11) is 1.61. The summed E-state index contributed by atoms with van der Waals surface area (Å²) in [6.45, 7) is 4.00. The maximum absolute atomic E-state index is 9.86. The summed E-state index contributed by atoms with van der Waals surface area (Å²) in [4.78, 5) is 4.46. The molecule has 0 radical (unpaired) electrons. The first-order valence-electron chi connectivity index (χ1n) is 5.06. The van der Waals surface area contributed by atoms with Gasteiger partial charge in [-0.3, -0.25) is 4.99 Å². The molecule has 0 unspecified atom stereocenters. The van der Waals surface area contributed by atoms with Gasteiger partial charge in [-0.1, -0.05) is 0 Å². The van der Waals surface area contributed by atoms with Crippen LogP contribution in [0.15, 0.2) is 17.1 Å². The minimum atomic E-state index is 0.262. The van der Waals surface area contributed by atoms with Crippen molar-refractivity contribution in [1.29, 1.82) is 0 Å². The Bertz CT molecular complexity index is 424. The second kappa shape index (κ2) is 3.57. The SMILES string of the molecule is COc1cc(O)c2c(c1)C[C@H](C)N=C2C. The largest absolute Gasteiger partial charge is 0.507 e. The van der Waals surface area contributed by atoms with E-state index in [9.17, 15) is 5.11 Å². The standard InChI is InChI=1S/C12H15NO2/c1-7-4-9-5-10(15-3)6-11(14)12(9)8(2)13-7/h5-7,14H,4H2,1-3H3/t7-/m0/s1. The van der Waals surface area contributed by atoms with Gasteiger partial charge in [0.2, 0.25) is 0 Å². The molecule has 0 saturated heterocycles. The molecule has 2 rings (SSSR count). The number of hydrogen-bond acceptors (Lipinski definition) is 3. The summed E-state index contributed by atoms with van der Waals surface area (Å²) in [6.07, 6.45) is 0.859. The van der Waals surface area contributed by atoms with Crippen molar-refractivity contribution in [1.82, 2.24) is 0 Å². The number of rotatable bonds is 1. The fourth-order valence-corrected chi connectivity index (χ4v) is 2.11. The third kappa shape index (κ3) is 1.69. The van der Waals surface area contributed by atoms with Crippen molar-refractivity contribution in [3.63, 3.8) is 0 Å². The number of nitrogens with zero attached hydrogens (tertiary/aromatic N) is 1. The number of hydrogen-bond donors (Lipinski definition) is 1. The van der Waals surface area contributed by atoms with E-state index in [0.717, 1.165) is 23.3 Å². The Labute approximate surface area is 89.4 Å². The molecule has 0 bridgehead atoms. The molecule has 0 aliphatic carbocycles. The summed E-state index contributed by atoms with van der Waals surface area (Å²) in [5.41, 5.74) is 2.89. The van der Waals surface area contributed by atoms with Gasteiger partial charge >= 0.3 is 0 Å². The maximum atomic E-state index is 9.86. The van der Waals surface area contributed by atoms with E-state index in [1.165, 1.54) is 0 Å². The molecule has 0 saturated carbocycles. The van der Waals surface area contributed by atoms with Crippen LogP contribution in [0, 0.1) is 0 Å². The van der Waals surface area contributed by atoms with Crippen LogP contribution in [0.25, 0.3) is 0 Å². The molecular formula is C12H15NO2. The van der Waals surface area contributed by atoms with Crippen molar-refractivity contribution < 1.29 is 9.84 Å². The van der Waals surface area contributed by atoms with E-state index in [0.29, 0.717) is 5.75 Å². The van der Waals surface area contributed by atoms with E-state index >= 15 is 0 Å². The zero-order chi connectivity index (χ0) is 11.0. The van der Waals surface area contributed by atoms with Gasteiger partial charge in [0.15, 0.2) is 0 Å². The van der Waals surface area contributed by atoms with Gasteiger partial charge in [0.05, 0.1) is 13.2 Å². The lowest BCUT2D eigenvalue weighted by Gasteiger charge is -2.20. The van der Waals surface area contributed by atoms with E-state index in [4.69, 9.17) is 4.74 Å². The number of aromatic hydroxyl groups is 1. The van der Waals surface area contributed by atoms with Gasteiger partial charge in [-0.25, -0.2) is 0 Å². The van der Waals surface area contributed by atoms with Gasteiger partial charge in [0, 0.05) is 17.3 Å². The average molecular weight is 205 g/mol. The lowest BCUT2D eigenvalue weighted by Crippen LogP contribution is -2.16. The third-order valence-electron chi connectivity index (χ3n) is 2.70. The highest BCUT2D eigenvalue weighted by Crippen LogP contribution is 2.32. The van der Waals surface area contributed by atoms with E-state index in [-0.39, 0.29) is 11.8 Å². The van der Waals surface area contributed by atoms with Crippen LogP contribution in [0.3, 0.4) is 0 Å². The molecule has 1 aliphatic rings. The van der Waals surface area contributed by atoms with E-state index in [1.54, 1.807) is 13.2 Å². The van der Waals surface area contributed by atoms with Crippen molar-refractivity contribution in [2.75, 3.05) is 7.11 Å². The molecule has 80 valence electrons. The van der Waals surface area contributed by atoms with Crippen LogP contribution < -0.4 is 4.74 Å². The van der Waals surface area contributed by atoms with Gasteiger partial charge in [-0.15, -0.1) is 0 Å². The molecule has 1 heterocycles. The monoisotopic (exact) mass is 205 g/mol. The number of benzene rings is 1. The number of phenols is 1. The molecule has 0 amide bonds. The highest BCUT2D eigenvalue weighted by atomic mass is 16.5. The zero-order valence-electron chi connectivity index (χ0n) is 9.24. The smallest absolute Gasteiger partial charge is 0.128 e. The summed E-state index contributed by atoms with van der Waals surface area (Å²) < 4.78 is 5.13. The Kier molecular flexibility index (Phi) is 2.39. The van der Waals surface area contributed by atoms with Crippen LogP contribution in [0.1, 0.15) is 25.0 Å². The number of ether oxygens (including phenoxy) is 1. The average Bonchev–Trinajstić information content (AvgIpc) is 2.15. The second-order valence-corrected chi connectivity index (χ2v) is 3.95. The number of fused-ring (bicyclic) bond motifs is 1. The molecule has 3 heteroatoms. The van der Waals surface area contributed by atoms with Crippen molar-refractivity contribution in [3.05, 3.63) is 23.3 Å². The Morgan fingerprint density at radius 3 is 2.87 bits per heavy atom. The first-order valence-corrected chi connectivity index (χ1v) is 5.06. The summed E-state index contributed by atoms with van der Waals surface area (Å²) in [6, 6.07) is 3.89. The molecule has 1 N–H and O–H groups in total. The fraction of sp³-hybridized carbons (Fsp3) is 0.417. The molecule has 0 fully saturated rings. The molecule has 3 nitrogen and oxygen atoms in total. The molecule has 0 spiro atoms. The highest BCUT2D eigenvalue weighted by Gasteiger charge is 2.19. The predicted octanol–water partition coefficient (Wildman–Crippen LogP) is 2.15. The van der Waals surface area contributed by atoms with Gasteiger partial charge < -0.3 is 9.84 Å². The van der Waals surface area contributed by atoms with Gasteiger partial charge in [-0.2, -0.15) is 0 Å². The molecule has 1 aromatic carbocycles. The van der Waals surface area contributed by atoms with E-state index in [2.05, 4.69) is 11.9 Å². The highest BCUT2D eigenvalue weighted by molar-refractivity contribution is 6.03. The third-order valence-corrected chi connectivity index (χ3v) is 2.70. The van der Waals surface area contributed by atoms with Crippen LogP contribution in [-0.4, -0.2) is 24.0 Å². The molecule has 1 aromatic rings. The van der Waals surface area contributed by atoms with E-state index < -0.39 is 0 Å². The van der Waals surface area contributed by atoms with Gasteiger partial charge in [0.25, 0.3) is 0 Å². The fourth-order valence-electron chi connectivity index (χ4n) is 2.11.